The van der Waals surface area contributed by atoms with E-state index in [2.05, 4.69) is 9.32 Å². The molecule has 1 saturated carbocycles. The molecule has 0 heterocycles. The first-order valence-corrected chi connectivity index (χ1v) is 5.35. The number of hydrogen-bond donors (Lipinski definition) is 2. The van der Waals surface area contributed by atoms with Crippen LogP contribution < -0.4 is 5.14 Å². The maximum atomic E-state index is 10.4. The van der Waals surface area contributed by atoms with Crippen molar-refractivity contribution in [2.75, 3.05) is 0 Å². The molecule has 1 aliphatic rings. The quantitative estimate of drug-likeness (QED) is 0.606. The van der Waals surface area contributed by atoms with Gasteiger partial charge in [0, 0.05) is 5.92 Å². The van der Waals surface area contributed by atoms with Crippen LogP contribution in [0.25, 0.3) is 0 Å². The molecule has 6 heteroatoms. The number of rotatable bonds is 3. The smallest absolute Gasteiger partial charge is 0.335 e. The summed E-state index contributed by atoms with van der Waals surface area (Å²) in [6.07, 6.45) is 2.36. The van der Waals surface area contributed by atoms with Gasteiger partial charge in [0.2, 0.25) is 0 Å². The highest BCUT2D eigenvalue weighted by Crippen LogP contribution is 2.28. The lowest BCUT2D eigenvalue weighted by Gasteiger charge is -2.15. The van der Waals surface area contributed by atoms with E-state index < -0.39 is 16.6 Å². The normalized spacial score (nSPS) is 22.8. The molecule has 1 unspecified atom stereocenters. The van der Waals surface area contributed by atoms with Gasteiger partial charge in [0.15, 0.2) is 6.29 Å². The van der Waals surface area contributed by atoms with Gasteiger partial charge in [-0.1, -0.05) is 12.8 Å². The molecule has 0 radical (unpaired) electrons. The molecule has 0 aromatic carbocycles. The van der Waals surface area contributed by atoms with Crippen LogP contribution in [0.4, 0.5) is 0 Å². The first kappa shape index (κ1) is 9.91. The monoisotopic (exact) mass is 195 g/mol. The van der Waals surface area contributed by atoms with E-state index in [4.69, 9.17) is 0 Å². The van der Waals surface area contributed by atoms with Gasteiger partial charge in [0.25, 0.3) is 0 Å². The lowest BCUT2D eigenvalue weighted by Crippen LogP contribution is -2.28. The molecule has 72 valence electrons. The van der Waals surface area contributed by atoms with Crippen molar-refractivity contribution in [3.05, 3.63) is 0 Å². The van der Waals surface area contributed by atoms with Crippen molar-refractivity contribution in [2.45, 2.75) is 32.0 Å². The fraction of sp³-hybridized carbons (Fsp3) is 1.00. The summed E-state index contributed by atoms with van der Waals surface area (Å²) in [6.45, 7) is 0. The van der Waals surface area contributed by atoms with E-state index in [1.807, 2.05) is 0 Å². The third kappa shape index (κ3) is 3.06. The Balaban J connectivity index is 2.42. The summed E-state index contributed by atoms with van der Waals surface area (Å²) in [5.74, 6) is -0.0803. The zero-order chi connectivity index (χ0) is 9.19. The SMILES string of the molecule is NS(=O)(=O)OC(O)C1CCCC1. The lowest BCUT2D eigenvalue weighted by molar-refractivity contribution is -0.0554. The predicted molar refractivity (Wildman–Crippen MR) is 42.2 cm³/mol. The molecule has 1 rings (SSSR count). The maximum Gasteiger partial charge on any atom is 0.335 e. The Labute approximate surface area is 71.8 Å². The van der Waals surface area contributed by atoms with Crippen molar-refractivity contribution in [1.82, 2.24) is 0 Å². The molecule has 0 aliphatic heterocycles. The summed E-state index contributed by atoms with van der Waals surface area (Å²) in [4.78, 5) is 0. The van der Waals surface area contributed by atoms with Crippen LogP contribution in [0, 0.1) is 5.92 Å². The van der Waals surface area contributed by atoms with Gasteiger partial charge in [-0.05, 0) is 12.8 Å². The largest absolute Gasteiger partial charge is 0.367 e. The van der Waals surface area contributed by atoms with Gasteiger partial charge in [-0.15, -0.1) is 0 Å². The van der Waals surface area contributed by atoms with Crippen LogP contribution in [0.1, 0.15) is 25.7 Å². The average Bonchev–Trinajstić information content (AvgIpc) is 2.32. The Hall–Kier alpha value is -0.170. The number of aliphatic hydroxyl groups is 1. The summed E-state index contributed by atoms with van der Waals surface area (Å²) >= 11 is 0. The highest BCUT2D eigenvalue weighted by atomic mass is 32.2. The van der Waals surface area contributed by atoms with Gasteiger partial charge >= 0.3 is 10.3 Å². The zero-order valence-corrected chi connectivity index (χ0v) is 7.46. The second kappa shape index (κ2) is 3.69. The van der Waals surface area contributed by atoms with E-state index in [1.165, 1.54) is 0 Å². The Kier molecular flexibility index (Phi) is 3.05. The Morgan fingerprint density at radius 1 is 1.42 bits per heavy atom. The minimum absolute atomic E-state index is 0.0803. The van der Waals surface area contributed by atoms with Crippen molar-refractivity contribution >= 4 is 10.3 Å². The topological polar surface area (TPSA) is 89.6 Å². The molecule has 0 bridgehead atoms. The van der Waals surface area contributed by atoms with Crippen molar-refractivity contribution in [3.63, 3.8) is 0 Å². The standard InChI is InChI=1S/C6H13NO4S/c7-12(9,10)11-6(8)5-3-1-2-4-5/h5-6,8H,1-4H2,(H2,7,9,10). The lowest BCUT2D eigenvalue weighted by atomic mass is 10.1. The van der Waals surface area contributed by atoms with Gasteiger partial charge in [-0.2, -0.15) is 8.42 Å². The van der Waals surface area contributed by atoms with E-state index in [9.17, 15) is 13.5 Å². The molecule has 1 aliphatic carbocycles. The Morgan fingerprint density at radius 2 is 1.92 bits per heavy atom. The predicted octanol–water partition coefficient (Wildman–Crippen LogP) is -0.285. The Morgan fingerprint density at radius 3 is 2.33 bits per heavy atom. The van der Waals surface area contributed by atoms with Gasteiger partial charge in [0.05, 0.1) is 0 Å². The second-order valence-electron chi connectivity index (χ2n) is 3.02. The highest BCUT2D eigenvalue weighted by molar-refractivity contribution is 7.84. The van der Waals surface area contributed by atoms with Crippen LogP contribution in [0.15, 0.2) is 0 Å². The van der Waals surface area contributed by atoms with E-state index in [0.29, 0.717) is 0 Å². The number of aliphatic hydroxyl groups excluding tert-OH is 1. The molecule has 0 amide bonds. The van der Waals surface area contributed by atoms with Crippen LogP contribution in [0.5, 0.6) is 0 Å². The van der Waals surface area contributed by atoms with Gasteiger partial charge < -0.3 is 5.11 Å². The van der Waals surface area contributed by atoms with Crippen molar-refractivity contribution in [3.8, 4) is 0 Å². The van der Waals surface area contributed by atoms with Crippen LogP contribution in [-0.4, -0.2) is 19.8 Å². The van der Waals surface area contributed by atoms with Crippen LogP contribution >= 0.6 is 0 Å². The number of hydrogen-bond acceptors (Lipinski definition) is 4. The maximum absolute atomic E-state index is 10.4. The summed E-state index contributed by atoms with van der Waals surface area (Å²) in [5, 5.41) is 13.8. The minimum atomic E-state index is -4.01. The van der Waals surface area contributed by atoms with Crippen molar-refractivity contribution < 1.29 is 17.7 Å². The zero-order valence-electron chi connectivity index (χ0n) is 6.64. The van der Waals surface area contributed by atoms with E-state index in [0.717, 1.165) is 25.7 Å². The van der Waals surface area contributed by atoms with Gasteiger partial charge in [0.1, 0.15) is 0 Å². The van der Waals surface area contributed by atoms with Gasteiger partial charge in [-0.25, -0.2) is 9.32 Å². The molecule has 5 nitrogen and oxygen atoms in total. The first-order chi connectivity index (χ1) is 5.49. The molecule has 1 atom stereocenters. The van der Waals surface area contributed by atoms with Crippen LogP contribution in [0.3, 0.4) is 0 Å². The molecule has 0 spiro atoms. The average molecular weight is 195 g/mol. The number of nitrogens with two attached hydrogens (primary N) is 1. The third-order valence-electron chi connectivity index (χ3n) is 2.04. The van der Waals surface area contributed by atoms with Gasteiger partial charge in [-0.3, -0.25) is 0 Å². The molecule has 0 saturated heterocycles. The summed E-state index contributed by atoms with van der Waals surface area (Å²) in [7, 11) is -4.01. The molecule has 12 heavy (non-hydrogen) atoms. The summed E-state index contributed by atoms with van der Waals surface area (Å²) in [6, 6.07) is 0. The molecule has 3 N–H and O–H groups in total. The minimum Gasteiger partial charge on any atom is -0.367 e. The van der Waals surface area contributed by atoms with Crippen molar-refractivity contribution in [1.29, 1.82) is 0 Å². The van der Waals surface area contributed by atoms with E-state index in [1.54, 1.807) is 0 Å². The fourth-order valence-electron chi connectivity index (χ4n) is 1.46. The Bertz CT molecular complexity index is 232. The molecule has 0 aromatic rings. The van der Waals surface area contributed by atoms with E-state index >= 15 is 0 Å². The highest BCUT2D eigenvalue weighted by Gasteiger charge is 2.26. The first-order valence-electron chi connectivity index (χ1n) is 3.88. The summed E-state index contributed by atoms with van der Waals surface area (Å²) in [5.41, 5.74) is 0. The fourth-order valence-corrected chi connectivity index (χ4v) is 1.89. The van der Waals surface area contributed by atoms with Crippen LogP contribution in [0.2, 0.25) is 0 Å². The molecular formula is C6H13NO4S. The second-order valence-corrected chi connectivity index (χ2v) is 4.20. The van der Waals surface area contributed by atoms with Crippen LogP contribution in [-0.2, 0) is 14.5 Å². The third-order valence-corrected chi connectivity index (χ3v) is 2.50. The molecule has 1 fully saturated rings. The summed E-state index contributed by atoms with van der Waals surface area (Å²) < 4.78 is 25.0. The van der Waals surface area contributed by atoms with E-state index in [-0.39, 0.29) is 5.92 Å². The van der Waals surface area contributed by atoms with Crippen molar-refractivity contribution in [2.24, 2.45) is 11.1 Å². The molecular weight excluding hydrogens is 182 g/mol. The molecule has 0 aromatic heterocycles.